The molecule has 1 aliphatic carbocycles. The fourth-order valence-corrected chi connectivity index (χ4v) is 5.44. The van der Waals surface area contributed by atoms with Gasteiger partial charge in [0.1, 0.15) is 4.21 Å². The Kier molecular flexibility index (Phi) is 4.75. The molecule has 0 spiro atoms. The standard InChI is InChI=1S/C21H18N4O4S2/c1-12-19-14(11-17(13-8-9-13)23-21(19)29-24-12)20(26)22-15-5-2-3-6-16(15)25-31(27,28)18-7-4-10-30-18/h2-7,10-11,13,25H,8-9H2,1H3,(H,22,26). The number of thiophene rings is 1. The number of fused-ring (bicyclic) bond motifs is 1. The molecule has 3 aromatic heterocycles. The average Bonchev–Trinajstić information content (AvgIpc) is 3.30. The van der Waals surface area contributed by atoms with Crippen molar-refractivity contribution < 1.29 is 17.7 Å². The zero-order valence-corrected chi connectivity index (χ0v) is 18.1. The van der Waals surface area contributed by atoms with Gasteiger partial charge in [0, 0.05) is 11.6 Å². The van der Waals surface area contributed by atoms with Gasteiger partial charge in [-0.25, -0.2) is 13.4 Å². The predicted octanol–water partition coefficient (Wildman–Crippen LogP) is 4.52. The van der Waals surface area contributed by atoms with Crippen molar-refractivity contribution in [3.63, 3.8) is 0 Å². The molecule has 0 atom stereocenters. The molecule has 5 rings (SSSR count). The number of sulfonamides is 1. The Balaban J connectivity index is 1.49. The molecule has 1 saturated carbocycles. The number of rotatable bonds is 6. The van der Waals surface area contributed by atoms with Crippen LogP contribution in [0.1, 0.15) is 40.5 Å². The first-order valence-electron chi connectivity index (χ1n) is 9.66. The molecule has 0 saturated heterocycles. The van der Waals surface area contributed by atoms with Crippen molar-refractivity contribution in [2.24, 2.45) is 0 Å². The Hall–Kier alpha value is -3.24. The molecule has 0 aliphatic heterocycles. The molecule has 3 heterocycles. The van der Waals surface area contributed by atoms with Crippen LogP contribution >= 0.6 is 11.3 Å². The Labute approximate surface area is 182 Å². The second-order valence-electron chi connectivity index (χ2n) is 7.35. The van der Waals surface area contributed by atoms with E-state index in [-0.39, 0.29) is 15.8 Å². The molecule has 0 bridgehead atoms. The van der Waals surface area contributed by atoms with Gasteiger partial charge in [-0.05, 0) is 49.4 Å². The normalized spacial score (nSPS) is 14.0. The van der Waals surface area contributed by atoms with Crippen molar-refractivity contribution >= 4 is 49.7 Å². The SMILES string of the molecule is Cc1noc2nc(C3CC3)cc(C(=O)Nc3ccccc3NS(=O)(=O)c3cccs3)c12. The number of aromatic nitrogens is 2. The number of nitrogens with one attached hydrogen (secondary N) is 2. The van der Waals surface area contributed by atoms with Crippen molar-refractivity contribution in [1.82, 2.24) is 10.1 Å². The lowest BCUT2D eigenvalue weighted by molar-refractivity contribution is 0.102. The van der Waals surface area contributed by atoms with Gasteiger partial charge in [0.05, 0.1) is 28.0 Å². The number of hydrogen-bond donors (Lipinski definition) is 2. The topological polar surface area (TPSA) is 114 Å². The summed E-state index contributed by atoms with van der Waals surface area (Å²) in [5.74, 6) is -0.0605. The number of nitrogens with zero attached hydrogens (tertiary/aromatic N) is 2. The van der Waals surface area contributed by atoms with Crippen LogP contribution in [-0.2, 0) is 10.0 Å². The van der Waals surface area contributed by atoms with Crippen LogP contribution in [-0.4, -0.2) is 24.5 Å². The molecule has 10 heteroatoms. The number of carbonyl (C=O) groups is 1. The number of benzene rings is 1. The maximum absolute atomic E-state index is 13.2. The van der Waals surface area contributed by atoms with E-state index in [1.165, 1.54) is 6.07 Å². The van der Waals surface area contributed by atoms with Crippen LogP contribution in [0.25, 0.3) is 11.1 Å². The lowest BCUT2D eigenvalue weighted by atomic mass is 10.1. The van der Waals surface area contributed by atoms with E-state index in [0.717, 1.165) is 29.9 Å². The summed E-state index contributed by atoms with van der Waals surface area (Å²) in [6.07, 6.45) is 2.06. The third-order valence-electron chi connectivity index (χ3n) is 5.06. The summed E-state index contributed by atoms with van der Waals surface area (Å²) in [5.41, 5.74) is 2.74. The zero-order chi connectivity index (χ0) is 21.6. The Morgan fingerprint density at radius 2 is 1.94 bits per heavy atom. The number of amides is 1. The highest BCUT2D eigenvalue weighted by atomic mass is 32.2. The van der Waals surface area contributed by atoms with Crippen LogP contribution in [0, 0.1) is 6.92 Å². The second-order valence-corrected chi connectivity index (χ2v) is 10.2. The quantitative estimate of drug-likeness (QED) is 0.443. The van der Waals surface area contributed by atoms with Gasteiger partial charge in [-0.15, -0.1) is 11.3 Å². The number of hydrogen-bond acceptors (Lipinski definition) is 7. The summed E-state index contributed by atoms with van der Waals surface area (Å²) in [7, 11) is -3.75. The van der Waals surface area contributed by atoms with Gasteiger partial charge < -0.3 is 9.84 Å². The monoisotopic (exact) mass is 454 g/mol. The Morgan fingerprint density at radius 3 is 2.65 bits per heavy atom. The van der Waals surface area contributed by atoms with E-state index in [2.05, 4.69) is 20.2 Å². The fourth-order valence-electron chi connectivity index (χ4n) is 3.36. The maximum atomic E-state index is 13.2. The molecule has 1 fully saturated rings. The van der Waals surface area contributed by atoms with Crippen molar-refractivity contribution in [3.05, 3.63) is 64.8 Å². The maximum Gasteiger partial charge on any atom is 0.271 e. The molecular formula is C21H18N4O4S2. The lowest BCUT2D eigenvalue weighted by Gasteiger charge is -2.13. The largest absolute Gasteiger partial charge is 0.336 e. The summed E-state index contributed by atoms with van der Waals surface area (Å²) in [5, 5.41) is 9.03. The van der Waals surface area contributed by atoms with Crippen molar-refractivity contribution in [3.8, 4) is 0 Å². The Morgan fingerprint density at radius 1 is 1.16 bits per heavy atom. The first-order chi connectivity index (χ1) is 14.9. The summed E-state index contributed by atoms with van der Waals surface area (Å²) < 4.78 is 33.3. The van der Waals surface area contributed by atoms with Gasteiger partial charge in [-0.2, -0.15) is 0 Å². The second kappa shape index (κ2) is 7.47. The summed E-state index contributed by atoms with van der Waals surface area (Å²) >= 11 is 1.12. The number of carbonyl (C=O) groups excluding carboxylic acids is 1. The van der Waals surface area contributed by atoms with Crippen LogP contribution in [0.3, 0.4) is 0 Å². The highest BCUT2D eigenvalue weighted by Crippen LogP contribution is 2.40. The van der Waals surface area contributed by atoms with E-state index in [9.17, 15) is 13.2 Å². The lowest BCUT2D eigenvalue weighted by Crippen LogP contribution is -2.17. The smallest absolute Gasteiger partial charge is 0.271 e. The molecule has 158 valence electrons. The molecule has 1 aromatic carbocycles. The Bertz CT molecular complexity index is 1390. The number of anilines is 2. The summed E-state index contributed by atoms with van der Waals surface area (Å²) in [6, 6.07) is 11.6. The fraction of sp³-hybridized carbons (Fsp3) is 0.190. The van der Waals surface area contributed by atoms with E-state index in [0.29, 0.717) is 34.0 Å². The molecule has 8 nitrogen and oxygen atoms in total. The zero-order valence-electron chi connectivity index (χ0n) is 16.5. The van der Waals surface area contributed by atoms with Crippen molar-refractivity contribution in [2.45, 2.75) is 29.9 Å². The van der Waals surface area contributed by atoms with E-state index in [1.54, 1.807) is 48.7 Å². The van der Waals surface area contributed by atoms with Gasteiger partial charge in [0.2, 0.25) is 0 Å². The predicted molar refractivity (Wildman–Crippen MR) is 118 cm³/mol. The average molecular weight is 455 g/mol. The van der Waals surface area contributed by atoms with E-state index < -0.39 is 10.0 Å². The van der Waals surface area contributed by atoms with Crippen LogP contribution in [0.2, 0.25) is 0 Å². The molecule has 0 radical (unpaired) electrons. The molecule has 1 amide bonds. The van der Waals surface area contributed by atoms with Crippen molar-refractivity contribution in [1.29, 1.82) is 0 Å². The first-order valence-corrected chi connectivity index (χ1v) is 12.0. The summed E-state index contributed by atoms with van der Waals surface area (Å²) in [4.78, 5) is 17.7. The van der Waals surface area contributed by atoms with Crippen LogP contribution in [0.15, 0.2) is 56.6 Å². The van der Waals surface area contributed by atoms with Crippen LogP contribution < -0.4 is 10.0 Å². The third kappa shape index (κ3) is 3.79. The van der Waals surface area contributed by atoms with Gasteiger partial charge in [-0.3, -0.25) is 9.52 Å². The van der Waals surface area contributed by atoms with Gasteiger partial charge >= 0.3 is 0 Å². The van der Waals surface area contributed by atoms with Gasteiger partial charge in [0.15, 0.2) is 0 Å². The first kappa shape index (κ1) is 19.7. The minimum absolute atomic E-state index is 0.193. The van der Waals surface area contributed by atoms with Crippen LogP contribution in [0.5, 0.6) is 0 Å². The molecule has 31 heavy (non-hydrogen) atoms. The minimum Gasteiger partial charge on any atom is -0.336 e. The molecule has 4 aromatic rings. The van der Waals surface area contributed by atoms with E-state index in [1.807, 2.05) is 0 Å². The van der Waals surface area contributed by atoms with E-state index in [4.69, 9.17) is 4.52 Å². The van der Waals surface area contributed by atoms with E-state index >= 15 is 0 Å². The van der Waals surface area contributed by atoms with Gasteiger partial charge in [0.25, 0.3) is 21.6 Å². The van der Waals surface area contributed by atoms with Gasteiger partial charge in [-0.1, -0.05) is 23.4 Å². The molecule has 0 unspecified atom stereocenters. The molecular weight excluding hydrogens is 436 g/mol. The highest BCUT2D eigenvalue weighted by molar-refractivity contribution is 7.94. The number of para-hydroxylation sites is 2. The summed E-state index contributed by atoms with van der Waals surface area (Å²) in [6.45, 7) is 1.75. The number of pyridine rings is 1. The molecule has 1 aliphatic rings. The van der Waals surface area contributed by atoms with Crippen LogP contribution in [0.4, 0.5) is 11.4 Å². The number of aryl methyl sites for hydroxylation is 1. The highest BCUT2D eigenvalue weighted by Gasteiger charge is 2.29. The van der Waals surface area contributed by atoms with Crippen molar-refractivity contribution in [2.75, 3.05) is 10.0 Å². The molecule has 2 N–H and O–H groups in total. The minimum atomic E-state index is -3.75. The third-order valence-corrected chi connectivity index (χ3v) is 7.82.